The molecule has 0 bridgehead atoms. The predicted octanol–water partition coefficient (Wildman–Crippen LogP) is 2.30. The summed E-state index contributed by atoms with van der Waals surface area (Å²) in [4.78, 5) is 28.9. The lowest BCUT2D eigenvalue weighted by atomic mass is 9.91. The van der Waals surface area contributed by atoms with E-state index in [-0.39, 0.29) is 30.0 Å². The number of halogens is 4. The maximum Gasteiger partial charge on any atom is 0.405 e. The van der Waals surface area contributed by atoms with Crippen LogP contribution in [0, 0.1) is 17.7 Å². The molecule has 1 fully saturated rings. The van der Waals surface area contributed by atoms with Crippen LogP contribution in [0.5, 0.6) is 0 Å². The molecule has 2 heterocycles. The number of aliphatic hydroxyl groups is 1. The zero-order valence-electron chi connectivity index (χ0n) is 17.5. The normalized spacial score (nSPS) is 18.5. The van der Waals surface area contributed by atoms with E-state index in [0.29, 0.717) is 12.1 Å². The lowest BCUT2D eigenvalue weighted by Crippen LogP contribution is -2.45. The summed E-state index contributed by atoms with van der Waals surface area (Å²) in [5.41, 5.74) is 2.95. The number of nitrogens with one attached hydrogen (secondary N) is 1. The summed E-state index contributed by atoms with van der Waals surface area (Å²) < 4.78 is 52.2. The number of piperidine rings is 1. The zero-order chi connectivity index (χ0) is 24.4. The third-order valence-corrected chi connectivity index (χ3v) is 4.99. The minimum Gasteiger partial charge on any atom is -0.377 e. The summed E-state index contributed by atoms with van der Waals surface area (Å²) in [6.07, 6.45) is -4.48. The molecule has 0 aliphatic carbocycles. The van der Waals surface area contributed by atoms with E-state index in [1.54, 1.807) is 13.1 Å². The summed E-state index contributed by atoms with van der Waals surface area (Å²) in [6, 6.07) is 6.75. The van der Waals surface area contributed by atoms with Crippen molar-refractivity contribution in [2.45, 2.75) is 24.6 Å². The van der Waals surface area contributed by atoms with Gasteiger partial charge in [0.1, 0.15) is 17.8 Å². The summed E-state index contributed by atoms with van der Waals surface area (Å²) in [5.74, 6) is 3.09. The molecule has 11 heteroatoms. The van der Waals surface area contributed by atoms with Gasteiger partial charge in [0, 0.05) is 37.2 Å². The van der Waals surface area contributed by atoms with Gasteiger partial charge in [-0.05, 0) is 12.1 Å². The number of primary amides is 1. The van der Waals surface area contributed by atoms with Crippen molar-refractivity contribution in [3.05, 3.63) is 47.4 Å². The van der Waals surface area contributed by atoms with Gasteiger partial charge in [0.15, 0.2) is 11.5 Å². The second-order valence-corrected chi connectivity index (χ2v) is 7.65. The Bertz CT molecular complexity index is 1160. The molecule has 0 spiro atoms. The Kier molecular flexibility index (Phi) is 6.60. The van der Waals surface area contributed by atoms with Crippen molar-refractivity contribution in [3.63, 3.8) is 0 Å². The first kappa shape index (κ1) is 24.0. The highest BCUT2D eigenvalue weighted by atomic mass is 19.4. The standard InChI is InChI=1S/C22H20F4N4O3/c1-30-8-7-21(33,11-17(30)31)6-5-13-3-2-4-14(9-13)18-15(23)10-16(19(29-18)20(27)32)28-12-22(24,25)26/h2-4,9-10,28,33H,7-8,11-12H2,1H3,(H2,27,32). The van der Waals surface area contributed by atoms with Crippen molar-refractivity contribution in [1.82, 2.24) is 9.88 Å². The van der Waals surface area contributed by atoms with Crippen molar-refractivity contribution in [3.8, 4) is 23.1 Å². The lowest BCUT2D eigenvalue weighted by molar-refractivity contribution is -0.138. The largest absolute Gasteiger partial charge is 0.405 e. The molecule has 1 saturated heterocycles. The number of nitrogens with two attached hydrogens (primary N) is 1. The highest BCUT2D eigenvalue weighted by Crippen LogP contribution is 2.27. The van der Waals surface area contributed by atoms with Crippen molar-refractivity contribution < 1.29 is 32.3 Å². The van der Waals surface area contributed by atoms with Crippen LogP contribution in [0.3, 0.4) is 0 Å². The van der Waals surface area contributed by atoms with Gasteiger partial charge in [-0.2, -0.15) is 13.2 Å². The Morgan fingerprint density at radius 3 is 2.73 bits per heavy atom. The summed E-state index contributed by atoms with van der Waals surface area (Å²) in [5, 5.41) is 12.5. The van der Waals surface area contributed by atoms with Crippen LogP contribution in [0.1, 0.15) is 28.9 Å². The monoisotopic (exact) mass is 464 g/mol. The smallest absolute Gasteiger partial charge is 0.377 e. The third-order valence-electron chi connectivity index (χ3n) is 4.99. The molecule has 0 saturated carbocycles. The molecule has 33 heavy (non-hydrogen) atoms. The maximum atomic E-state index is 14.7. The SMILES string of the molecule is CN1CCC(O)(C#Cc2cccc(-c3nc(C(N)=O)c(NCC(F)(F)F)cc3F)c2)CC1=O. The van der Waals surface area contributed by atoms with E-state index in [1.807, 2.05) is 5.32 Å². The first-order chi connectivity index (χ1) is 15.4. The number of carbonyl (C=O) groups is 2. The fourth-order valence-electron chi connectivity index (χ4n) is 3.20. The molecule has 1 aromatic heterocycles. The Labute approximate surface area is 186 Å². The Hall–Kier alpha value is -3.65. The van der Waals surface area contributed by atoms with Crippen LogP contribution in [0.4, 0.5) is 23.2 Å². The average Bonchev–Trinajstić information content (AvgIpc) is 2.73. The van der Waals surface area contributed by atoms with Gasteiger partial charge in [0.2, 0.25) is 5.91 Å². The fraction of sp³-hybridized carbons (Fsp3) is 0.318. The summed E-state index contributed by atoms with van der Waals surface area (Å²) in [6.45, 7) is -1.15. The molecule has 2 aromatic rings. The van der Waals surface area contributed by atoms with Crippen LogP contribution < -0.4 is 11.1 Å². The van der Waals surface area contributed by atoms with Gasteiger partial charge < -0.3 is 21.1 Å². The number of hydrogen-bond donors (Lipinski definition) is 3. The first-order valence-corrected chi connectivity index (χ1v) is 9.78. The maximum absolute atomic E-state index is 14.7. The number of rotatable bonds is 4. The van der Waals surface area contributed by atoms with Gasteiger partial charge in [-0.15, -0.1) is 0 Å². The van der Waals surface area contributed by atoms with Crippen LogP contribution in [-0.2, 0) is 4.79 Å². The number of hydrogen-bond acceptors (Lipinski definition) is 5. The van der Waals surface area contributed by atoms with E-state index < -0.39 is 41.4 Å². The van der Waals surface area contributed by atoms with Crippen LogP contribution in [0.2, 0.25) is 0 Å². The van der Waals surface area contributed by atoms with E-state index in [4.69, 9.17) is 5.73 Å². The van der Waals surface area contributed by atoms with Crippen LogP contribution in [0.15, 0.2) is 30.3 Å². The Balaban J connectivity index is 1.92. The molecule has 1 aliphatic rings. The third kappa shape index (κ3) is 5.98. The number of amides is 2. The molecule has 1 atom stereocenters. The van der Waals surface area contributed by atoms with E-state index in [0.717, 1.165) is 6.07 Å². The van der Waals surface area contributed by atoms with E-state index >= 15 is 0 Å². The molecule has 4 N–H and O–H groups in total. The van der Waals surface area contributed by atoms with E-state index in [1.165, 1.54) is 23.1 Å². The van der Waals surface area contributed by atoms with Gasteiger partial charge >= 0.3 is 6.18 Å². The second kappa shape index (κ2) is 9.07. The molecule has 174 valence electrons. The minimum atomic E-state index is -4.60. The number of benzene rings is 1. The van der Waals surface area contributed by atoms with Crippen molar-refractivity contribution in [2.24, 2.45) is 5.73 Å². The van der Waals surface area contributed by atoms with E-state index in [9.17, 15) is 32.3 Å². The first-order valence-electron chi connectivity index (χ1n) is 9.78. The summed E-state index contributed by atoms with van der Waals surface area (Å²) >= 11 is 0. The van der Waals surface area contributed by atoms with Gasteiger partial charge in [-0.3, -0.25) is 9.59 Å². The van der Waals surface area contributed by atoms with Gasteiger partial charge in [0.25, 0.3) is 5.91 Å². The number of nitrogens with zero attached hydrogens (tertiary/aromatic N) is 2. The number of carbonyl (C=O) groups excluding carboxylic acids is 2. The van der Waals surface area contributed by atoms with Gasteiger partial charge in [0.05, 0.1) is 12.1 Å². The van der Waals surface area contributed by atoms with Crippen molar-refractivity contribution in [2.75, 3.05) is 25.5 Å². The molecular formula is C22H20F4N4O3. The lowest BCUT2D eigenvalue weighted by Gasteiger charge is -2.32. The molecule has 1 aromatic carbocycles. The molecular weight excluding hydrogens is 444 g/mol. The van der Waals surface area contributed by atoms with Crippen molar-refractivity contribution >= 4 is 17.5 Å². The number of pyridine rings is 1. The topological polar surface area (TPSA) is 109 Å². The number of anilines is 1. The second-order valence-electron chi connectivity index (χ2n) is 7.65. The average molecular weight is 464 g/mol. The Morgan fingerprint density at radius 1 is 1.36 bits per heavy atom. The highest BCUT2D eigenvalue weighted by molar-refractivity contribution is 5.97. The minimum absolute atomic E-state index is 0.152. The molecule has 2 amide bonds. The Morgan fingerprint density at radius 2 is 2.09 bits per heavy atom. The predicted molar refractivity (Wildman–Crippen MR) is 111 cm³/mol. The van der Waals surface area contributed by atoms with Crippen molar-refractivity contribution in [1.29, 1.82) is 0 Å². The number of likely N-dealkylation sites (tertiary alicyclic amines) is 1. The molecule has 3 rings (SSSR count). The quantitative estimate of drug-likeness (QED) is 0.475. The van der Waals surface area contributed by atoms with Crippen LogP contribution in [-0.4, -0.2) is 58.7 Å². The molecule has 1 aliphatic heterocycles. The highest BCUT2D eigenvalue weighted by Gasteiger charge is 2.34. The van der Waals surface area contributed by atoms with Crippen LogP contribution >= 0.6 is 0 Å². The van der Waals surface area contributed by atoms with Gasteiger partial charge in [-0.1, -0.05) is 24.0 Å². The fourth-order valence-corrected chi connectivity index (χ4v) is 3.20. The molecule has 7 nitrogen and oxygen atoms in total. The number of aromatic nitrogens is 1. The molecule has 0 radical (unpaired) electrons. The molecule has 1 unspecified atom stereocenters. The van der Waals surface area contributed by atoms with Crippen LogP contribution in [0.25, 0.3) is 11.3 Å². The number of alkyl halides is 3. The van der Waals surface area contributed by atoms with E-state index in [2.05, 4.69) is 16.8 Å². The summed E-state index contributed by atoms with van der Waals surface area (Å²) in [7, 11) is 1.63. The van der Waals surface area contributed by atoms with Gasteiger partial charge in [-0.25, -0.2) is 9.37 Å². The zero-order valence-corrected chi connectivity index (χ0v) is 17.5.